The van der Waals surface area contributed by atoms with Gasteiger partial charge in [-0.1, -0.05) is 51.5 Å². The van der Waals surface area contributed by atoms with Crippen LogP contribution in [0.1, 0.15) is 84.0 Å². The van der Waals surface area contributed by atoms with E-state index in [2.05, 4.69) is 13.0 Å². The molecule has 1 rings (SSSR count). The zero-order chi connectivity index (χ0) is 17.8. The van der Waals surface area contributed by atoms with Gasteiger partial charge in [0.05, 0.1) is 6.10 Å². The third kappa shape index (κ3) is 8.62. The molecule has 1 aliphatic carbocycles. The second-order valence-electron chi connectivity index (χ2n) is 7.11. The molecule has 0 radical (unpaired) electrons. The van der Waals surface area contributed by atoms with Gasteiger partial charge in [-0.25, -0.2) is 0 Å². The summed E-state index contributed by atoms with van der Waals surface area (Å²) in [4.78, 5) is 22.5. The Morgan fingerprint density at radius 1 is 1.08 bits per heavy atom. The molecule has 0 aromatic carbocycles. The number of carboxylic acids is 1. The number of carbonyl (C=O) groups excluding carboxylic acids is 1. The van der Waals surface area contributed by atoms with E-state index in [0.717, 1.165) is 70.6 Å². The maximum absolute atomic E-state index is 12.0. The summed E-state index contributed by atoms with van der Waals surface area (Å²) in [7, 11) is 0. The second-order valence-corrected chi connectivity index (χ2v) is 7.11. The normalized spacial score (nSPS) is 21.3. The Kier molecular flexibility index (Phi) is 10.6. The molecule has 4 nitrogen and oxygen atoms in total. The summed E-state index contributed by atoms with van der Waals surface area (Å²) in [5.41, 5.74) is 0. The molecule has 4 heteroatoms. The van der Waals surface area contributed by atoms with E-state index in [0.29, 0.717) is 5.92 Å². The van der Waals surface area contributed by atoms with Crippen molar-refractivity contribution in [2.45, 2.75) is 90.1 Å². The maximum Gasteiger partial charge on any atom is 0.303 e. The quantitative estimate of drug-likeness (QED) is 0.457. The van der Waals surface area contributed by atoms with Gasteiger partial charge in [-0.05, 0) is 44.1 Å². The van der Waals surface area contributed by atoms with Gasteiger partial charge in [0.1, 0.15) is 0 Å². The number of carboxylic acid groups (broad SMARTS) is 1. The average Bonchev–Trinajstić information content (AvgIpc) is 2.89. The molecule has 0 aromatic rings. The monoisotopic (exact) mass is 338 g/mol. The van der Waals surface area contributed by atoms with Crippen LogP contribution in [-0.4, -0.2) is 28.1 Å². The van der Waals surface area contributed by atoms with Gasteiger partial charge >= 0.3 is 5.97 Å². The molecule has 0 saturated carbocycles. The number of unbranched alkanes of at least 4 members (excludes halogenated alkanes) is 4. The second kappa shape index (κ2) is 12.2. The highest BCUT2D eigenvalue weighted by molar-refractivity contribution is 5.94. The van der Waals surface area contributed by atoms with Gasteiger partial charge in [-0.2, -0.15) is 0 Å². The lowest BCUT2D eigenvalue weighted by Crippen LogP contribution is -2.16. The molecule has 0 fully saturated rings. The lowest BCUT2D eigenvalue weighted by molar-refractivity contribution is -0.137. The van der Waals surface area contributed by atoms with Crippen molar-refractivity contribution in [1.82, 2.24) is 0 Å². The summed E-state index contributed by atoms with van der Waals surface area (Å²) < 4.78 is 0. The molecule has 0 heterocycles. The molecule has 0 aliphatic heterocycles. The number of aliphatic hydroxyl groups excluding tert-OH is 1. The van der Waals surface area contributed by atoms with Gasteiger partial charge < -0.3 is 10.2 Å². The lowest BCUT2D eigenvalue weighted by atomic mass is 9.85. The van der Waals surface area contributed by atoms with Crippen molar-refractivity contribution in [2.75, 3.05) is 0 Å². The van der Waals surface area contributed by atoms with Crippen molar-refractivity contribution in [3.05, 3.63) is 12.2 Å². The molecule has 138 valence electrons. The average molecular weight is 338 g/mol. The van der Waals surface area contributed by atoms with Crippen LogP contribution in [0.4, 0.5) is 0 Å². The van der Waals surface area contributed by atoms with Crippen LogP contribution in [0.2, 0.25) is 0 Å². The fourth-order valence-electron chi connectivity index (χ4n) is 3.51. The molecule has 0 aromatic heterocycles. The molecule has 2 N–H and O–H groups in total. The molecule has 0 saturated heterocycles. The summed E-state index contributed by atoms with van der Waals surface area (Å²) in [5, 5.41) is 18.5. The van der Waals surface area contributed by atoms with Crippen molar-refractivity contribution in [2.24, 2.45) is 11.8 Å². The molecule has 0 amide bonds. The number of aliphatic hydroxyl groups is 1. The van der Waals surface area contributed by atoms with Crippen LogP contribution in [0, 0.1) is 11.8 Å². The highest BCUT2D eigenvalue weighted by atomic mass is 16.4. The molecule has 0 bridgehead atoms. The molecule has 1 unspecified atom stereocenters. The van der Waals surface area contributed by atoms with Crippen molar-refractivity contribution < 1.29 is 19.8 Å². The van der Waals surface area contributed by atoms with Crippen LogP contribution in [0.5, 0.6) is 0 Å². The first-order chi connectivity index (χ1) is 11.5. The fourth-order valence-corrected chi connectivity index (χ4v) is 3.51. The molecular weight excluding hydrogens is 304 g/mol. The molecule has 0 spiro atoms. The first kappa shape index (κ1) is 20.9. The Balaban J connectivity index is 2.18. The molecular formula is C20H34O4. The number of hydrogen-bond donors (Lipinski definition) is 2. The van der Waals surface area contributed by atoms with Crippen LogP contribution < -0.4 is 0 Å². The van der Waals surface area contributed by atoms with E-state index in [9.17, 15) is 14.7 Å². The van der Waals surface area contributed by atoms with Crippen LogP contribution >= 0.6 is 0 Å². The predicted octanol–water partition coefficient (Wildman–Crippen LogP) is 4.50. The minimum absolute atomic E-state index is 0.109. The van der Waals surface area contributed by atoms with Gasteiger partial charge in [0, 0.05) is 12.3 Å². The van der Waals surface area contributed by atoms with E-state index >= 15 is 0 Å². The van der Waals surface area contributed by atoms with Crippen LogP contribution in [0.25, 0.3) is 0 Å². The molecule has 1 aliphatic rings. The van der Waals surface area contributed by atoms with Crippen LogP contribution in [0.15, 0.2) is 12.2 Å². The van der Waals surface area contributed by atoms with Crippen molar-refractivity contribution in [1.29, 1.82) is 0 Å². The Morgan fingerprint density at radius 3 is 2.50 bits per heavy atom. The zero-order valence-corrected chi connectivity index (χ0v) is 15.1. The first-order valence-electron chi connectivity index (χ1n) is 9.66. The number of allylic oxidation sites excluding steroid dienone is 2. The van der Waals surface area contributed by atoms with E-state index in [1.54, 1.807) is 6.08 Å². The number of carbonyl (C=O) groups is 2. The van der Waals surface area contributed by atoms with Crippen molar-refractivity contribution in [3.63, 3.8) is 0 Å². The van der Waals surface area contributed by atoms with E-state index in [1.807, 2.05) is 0 Å². The first-order valence-corrected chi connectivity index (χ1v) is 9.66. The number of aliphatic carboxylic acids is 1. The fraction of sp³-hybridized carbons (Fsp3) is 0.800. The largest absolute Gasteiger partial charge is 0.481 e. The summed E-state index contributed by atoms with van der Waals surface area (Å²) in [6.07, 6.45) is 14.2. The third-order valence-electron chi connectivity index (χ3n) is 5.01. The maximum atomic E-state index is 12.0. The minimum atomic E-state index is -0.730. The van der Waals surface area contributed by atoms with Gasteiger partial charge in [-0.3, -0.25) is 9.59 Å². The van der Waals surface area contributed by atoms with Gasteiger partial charge in [0.25, 0.3) is 0 Å². The highest BCUT2D eigenvalue weighted by Crippen LogP contribution is 2.31. The summed E-state index contributed by atoms with van der Waals surface area (Å²) in [5.74, 6) is -0.0458. The predicted molar refractivity (Wildman–Crippen MR) is 95.8 cm³/mol. The van der Waals surface area contributed by atoms with Gasteiger partial charge in [-0.15, -0.1) is 0 Å². The van der Waals surface area contributed by atoms with Crippen molar-refractivity contribution in [3.8, 4) is 0 Å². The Morgan fingerprint density at radius 2 is 1.79 bits per heavy atom. The number of hydrogen-bond acceptors (Lipinski definition) is 3. The number of rotatable bonds is 14. The molecule has 24 heavy (non-hydrogen) atoms. The van der Waals surface area contributed by atoms with Gasteiger partial charge in [0.2, 0.25) is 0 Å². The van der Waals surface area contributed by atoms with E-state index in [1.165, 1.54) is 0 Å². The lowest BCUT2D eigenvalue weighted by Gasteiger charge is -2.19. The smallest absolute Gasteiger partial charge is 0.303 e. The van der Waals surface area contributed by atoms with E-state index < -0.39 is 5.97 Å². The Labute approximate surface area is 146 Å². The topological polar surface area (TPSA) is 74.6 Å². The van der Waals surface area contributed by atoms with E-state index in [4.69, 9.17) is 5.11 Å². The summed E-state index contributed by atoms with van der Waals surface area (Å²) in [6, 6.07) is 0. The third-order valence-corrected chi connectivity index (χ3v) is 5.01. The van der Waals surface area contributed by atoms with Crippen LogP contribution in [0.3, 0.4) is 0 Å². The summed E-state index contributed by atoms with van der Waals surface area (Å²) in [6.45, 7) is 2.13. The summed E-state index contributed by atoms with van der Waals surface area (Å²) >= 11 is 0. The molecule has 3 atom stereocenters. The highest BCUT2D eigenvalue weighted by Gasteiger charge is 2.29. The minimum Gasteiger partial charge on any atom is -0.481 e. The van der Waals surface area contributed by atoms with Crippen LogP contribution in [-0.2, 0) is 9.59 Å². The number of ketones is 1. The SMILES string of the molecule is CCCCC(O)CCC[C@H]1C=CC(=O)[C@@H]1CCCCCCC(=O)O. The zero-order valence-electron chi connectivity index (χ0n) is 15.1. The van der Waals surface area contributed by atoms with Crippen molar-refractivity contribution >= 4 is 11.8 Å². The van der Waals surface area contributed by atoms with E-state index in [-0.39, 0.29) is 24.2 Å². The van der Waals surface area contributed by atoms with Gasteiger partial charge in [0.15, 0.2) is 5.78 Å². The Bertz CT molecular complexity index is 402. The standard InChI is InChI=1S/C20H34O4/c1-2-3-10-17(21)11-8-9-16-14-15-19(22)18(16)12-6-4-5-7-13-20(23)24/h14-18,21H,2-13H2,1H3,(H,23,24)/t16-,17?,18+/m0/s1. The Hall–Kier alpha value is -1.16.